The first-order valence-electron chi connectivity index (χ1n) is 4.64. The molecule has 1 rings (SSSR count). The zero-order valence-corrected chi connectivity index (χ0v) is 9.94. The van der Waals surface area contributed by atoms with Crippen LogP contribution in [-0.4, -0.2) is 19.9 Å². The van der Waals surface area contributed by atoms with Crippen molar-refractivity contribution in [2.75, 3.05) is 6.26 Å². The second-order valence-electron chi connectivity index (χ2n) is 4.31. The second kappa shape index (κ2) is 4.22. The quantitative estimate of drug-likeness (QED) is 0.429. The van der Waals surface area contributed by atoms with E-state index in [0.717, 1.165) is 5.56 Å². The average Bonchev–Trinajstić information content (AvgIpc) is 2.15. The fraction of sp³-hybridized carbons (Fsp3) is 0.364. The SMILES string of the molecule is BC(C)(C)C(=O)c1ccc(SC)cc1. The normalized spacial score (nSPS) is 11.4. The van der Waals surface area contributed by atoms with E-state index in [-0.39, 0.29) is 11.1 Å². The molecule has 1 aromatic carbocycles. The Bertz CT molecular complexity index is 324. The van der Waals surface area contributed by atoms with Crippen molar-refractivity contribution in [1.29, 1.82) is 0 Å². The fourth-order valence-corrected chi connectivity index (χ4v) is 1.58. The summed E-state index contributed by atoms with van der Waals surface area (Å²) >= 11 is 1.69. The van der Waals surface area contributed by atoms with Crippen LogP contribution in [0, 0.1) is 0 Å². The molecule has 1 nitrogen and oxygen atoms in total. The highest BCUT2D eigenvalue weighted by atomic mass is 32.2. The van der Waals surface area contributed by atoms with Crippen LogP contribution in [0.1, 0.15) is 24.2 Å². The van der Waals surface area contributed by atoms with Crippen LogP contribution in [0.25, 0.3) is 0 Å². The molecule has 0 saturated heterocycles. The predicted octanol–water partition coefficient (Wildman–Crippen LogP) is 2.42. The third-order valence-corrected chi connectivity index (χ3v) is 2.78. The molecule has 0 aliphatic heterocycles. The van der Waals surface area contributed by atoms with Crippen molar-refractivity contribution >= 4 is 25.4 Å². The predicted molar refractivity (Wildman–Crippen MR) is 65.1 cm³/mol. The molecule has 0 saturated carbocycles. The number of Topliss-reactive ketones (excluding diaryl/α,β-unsaturated/α-hetero) is 1. The molecular weight excluding hydrogens is 191 g/mol. The molecule has 0 N–H and O–H groups in total. The molecule has 0 spiro atoms. The molecule has 0 aliphatic carbocycles. The molecule has 0 atom stereocenters. The zero-order valence-electron chi connectivity index (χ0n) is 9.13. The molecule has 14 heavy (non-hydrogen) atoms. The van der Waals surface area contributed by atoms with Crippen molar-refractivity contribution in [1.82, 2.24) is 0 Å². The van der Waals surface area contributed by atoms with Crippen LogP contribution in [0.15, 0.2) is 29.2 Å². The number of ketones is 1. The van der Waals surface area contributed by atoms with Gasteiger partial charge in [0.1, 0.15) is 7.85 Å². The van der Waals surface area contributed by atoms with Gasteiger partial charge in [-0.2, -0.15) is 0 Å². The average molecular weight is 206 g/mol. The lowest BCUT2D eigenvalue weighted by Gasteiger charge is -2.16. The minimum atomic E-state index is -0.291. The summed E-state index contributed by atoms with van der Waals surface area (Å²) < 4.78 is 0. The van der Waals surface area contributed by atoms with Gasteiger partial charge in [0.15, 0.2) is 5.78 Å². The van der Waals surface area contributed by atoms with E-state index in [1.807, 2.05) is 52.2 Å². The molecule has 1 aromatic rings. The van der Waals surface area contributed by atoms with Crippen LogP contribution in [0.4, 0.5) is 0 Å². The summed E-state index contributed by atoms with van der Waals surface area (Å²) in [6.45, 7) is 3.88. The van der Waals surface area contributed by atoms with Gasteiger partial charge in [-0.25, -0.2) is 0 Å². The van der Waals surface area contributed by atoms with E-state index < -0.39 is 0 Å². The third-order valence-electron chi connectivity index (χ3n) is 2.03. The Kier molecular flexibility index (Phi) is 3.43. The Morgan fingerprint density at radius 3 is 2.14 bits per heavy atom. The van der Waals surface area contributed by atoms with Crippen LogP contribution in [0.5, 0.6) is 0 Å². The fourth-order valence-electron chi connectivity index (χ4n) is 1.18. The number of hydrogen-bond donors (Lipinski definition) is 0. The number of benzene rings is 1. The van der Waals surface area contributed by atoms with Gasteiger partial charge < -0.3 is 0 Å². The Hall–Kier alpha value is -0.695. The van der Waals surface area contributed by atoms with Gasteiger partial charge in [0.25, 0.3) is 0 Å². The molecule has 0 heterocycles. The first-order valence-corrected chi connectivity index (χ1v) is 5.86. The molecule has 0 aliphatic rings. The molecule has 3 heteroatoms. The topological polar surface area (TPSA) is 17.1 Å². The van der Waals surface area contributed by atoms with E-state index >= 15 is 0 Å². The lowest BCUT2D eigenvalue weighted by atomic mass is 9.67. The Labute approximate surface area is 90.7 Å². The van der Waals surface area contributed by atoms with E-state index in [4.69, 9.17) is 0 Å². The maximum Gasteiger partial charge on any atom is 0.160 e. The monoisotopic (exact) mass is 206 g/mol. The van der Waals surface area contributed by atoms with E-state index in [2.05, 4.69) is 0 Å². The van der Waals surface area contributed by atoms with Gasteiger partial charge in [0, 0.05) is 10.5 Å². The van der Waals surface area contributed by atoms with Gasteiger partial charge in [-0.15, -0.1) is 11.8 Å². The Morgan fingerprint density at radius 1 is 1.29 bits per heavy atom. The number of carbonyl (C=O) groups excluding carboxylic acids is 1. The molecule has 0 radical (unpaired) electrons. The highest BCUT2D eigenvalue weighted by molar-refractivity contribution is 7.98. The molecular formula is C11H15BOS. The summed E-state index contributed by atoms with van der Waals surface area (Å²) in [6.07, 6.45) is 2.03. The maximum atomic E-state index is 11.9. The number of rotatable bonds is 3. The van der Waals surface area contributed by atoms with Crippen molar-refractivity contribution in [2.24, 2.45) is 0 Å². The Morgan fingerprint density at radius 2 is 1.79 bits per heavy atom. The smallest absolute Gasteiger partial charge is 0.160 e. The van der Waals surface area contributed by atoms with Gasteiger partial charge in [-0.1, -0.05) is 26.0 Å². The van der Waals surface area contributed by atoms with Crippen molar-refractivity contribution in [3.8, 4) is 0 Å². The summed E-state index contributed by atoms with van der Waals surface area (Å²) in [5.74, 6) is 0.199. The van der Waals surface area contributed by atoms with Gasteiger partial charge in [-0.05, 0) is 23.7 Å². The zero-order chi connectivity index (χ0) is 10.8. The van der Waals surface area contributed by atoms with Crippen molar-refractivity contribution in [3.63, 3.8) is 0 Å². The molecule has 0 bridgehead atoms. The minimum absolute atomic E-state index is 0.199. The van der Waals surface area contributed by atoms with Crippen molar-refractivity contribution < 1.29 is 4.79 Å². The minimum Gasteiger partial charge on any atom is -0.294 e. The third kappa shape index (κ3) is 2.64. The first kappa shape index (κ1) is 11.4. The highest BCUT2D eigenvalue weighted by Crippen LogP contribution is 2.25. The summed E-state index contributed by atoms with van der Waals surface area (Å²) in [4.78, 5) is 13.0. The number of thioether (sulfide) groups is 1. The first-order chi connectivity index (χ1) is 6.45. The van der Waals surface area contributed by atoms with Crippen LogP contribution in [0.2, 0.25) is 5.31 Å². The Balaban J connectivity index is 2.93. The lowest BCUT2D eigenvalue weighted by Crippen LogP contribution is -2.17. The molecule has 0 fully saturated rings. The summed E-state index contributed by atoms with van der Waals surface area (Å²) in [7, 11) is 1.94. The second-order valence-corrected chi connectivity index (χ2v) is 5.19. The molecule has 0 aromatic heterocycles. The van der Waals surface area contributed by atoms with Gasteiger partial charge in [0.05, 0.1) is 0 Å². The summed E-state index contributed by atoms with van der Waals surface area (Å²) in [6, 6.07) is 7.78. The van der Waals surface area contributed by atoms with Gasteiger partial charge in [0.2, 0.25) is 0 Å². The summed E-state index contributed by atoms with van der Waals surface area (Å²) in [5.41, 5.74) is 0.801. The van der Waals surface area contributed by atoms with Gasteiger partial charge in [-0.3, -0.25) is 4.79 Å². The molecule has 74 valence electrons. The molecule has 0 unspecified atom stereocenters. The summed E-state index contributed by atoms with van der Waals surface area (Å²) in [5, 5.41) is -0.291. The van der Waals surface area contributed by atoms with E-state index in [1.54, 1.807) is 11.8 Å². The van der Waals surface area contributed by atoms with E-state index in [1.165, 1.54) is 4.90 Å². The van der Waals surface area contributed by atoms with Crippen LogP contribution < -0.4 is 0 Å². The largest absolute Gasteiger partial charge is 0.294 e. The van der Waals surface area contributed by atoms with Crippen LogP contribution in [0.3, 0.4) is 0 Å². The highest BCUT2D eigenvalue weighted by Gasteiger charge is 2.22. The standard InChI is InChI=1S/C11H15BOS/c1-11(2,12)10(13)8-4-6-9(14-3)7-5-8/h4-7H,12H2,1-3H3. The van der Waals surface area contributed by atoms with E-state index in [0.29, 0.717) is 0 Å². The van der Waals surface area contributed by atoms with Gasteiger partial charge >= 0.3 is 0 Å². The van der Waals surface area contributed by atoms with E-state index in [9.17, 15) is 4.79 Å². The lowest BCUT2D eigenvalue weighted by molar-refractivity contribution is 0.0949. The maximum absolute atomic E-state index is 11.9. The van der Waals surface area contributed by atoms with Crippen molar-refractivity contribution in [2.45, 2.75) is 24.1 Å². The molecule has 0 amide bonds. The van der Waals surface area contributed by atoms with Crippen molar-refractivity contribution in [3.05, 3.63) is 29.8 Å². The number of carbonyl (C=O) groups is 1. The van der Waals surface area contributed by atoms with Crippen LogP contribution in [-0.2, 0) is 0 Å². The van der Waals surface area contributed by atoms with Crippen LogP contribution >= 0.6 is 11.8 Å². The number of hydrogen-bond acceptors (Lipinski definition) is 2.